The second-order valence-corrected chi connectivity index (χ2v) is 7.56. The molecule has 1 saturated heterocycles. The van der Waals surface area contributed by atoms with E-state index in [4.69, 9.17) is 9.47 Å². The Balaban J connectivity index is 1.80. The molecule has 3 rings (SSSR count). The molecule has 5 heteroatoms. The number of benzene rings is 1. The van der Waals surface area contributed by atoms with Crippen molar-refractivity contribution in [2.45, 2.75) is 52.2 Å². The second kappa shape index (κ2) is 6.91. The van der Waals surface area contributed by atoms with Crippen molar-refractivity contribution in [2.75, 3.05) is 31.1 Å². The molecule has 0 unspecified atom stereocenters. The predicted molar refractivity (Wildman–Crippen MR) is 94.6 cm³/mol. The number of ether oxygens (including phenoxy) is 2. The van der Waals surface area contributed by atoms with Gasteiger partial charge in [0.1, 0.15) is 18.0 Å². The normalized spacial score (nSPS) is 18.5. The molecule has 0 aliphatic carbocycles. The number of amides is 1. The van der Waals surface area contributed by atoms with Crippen molar-refractivity contribution in [3.05, 3.63) is 23.8 Å². The lowest BCUT2D eigenvalue weighted by Crippen LogP contribution is -2.37. The molecule has 2 aliphatic rings. The highest BCUT2D eigenvalue weighted by atomic mass is 16.6. The summed E-state index contributed by atoms with van der Waals surface area (Å²) in [5.74, 6) is 0.936. The SMILES string of the molecule is CC(C)(C)OC(=O)N1CCOc2c(cccc2N2CCCCC2)C1. The number of piperidine rings is 1. The summed E-state index contributed by atoms with van der Waals surface area (Å²) in [6.45, 7) is 9.40. The van der Waals surface area contributed by atoms with Gasteiger partial charge in [-0.1, -0.05) is 12.1 Å². The van der Waals surface area contributed by atoms with E-state index in [9.17, 15) is 4.79 Å². The number of carbonyl (C=O) groups is 1. The number of hydrogen-bond donors (Lipinski definition) is 0. The lowest BCUT2D eigenvalue weighted by atomic mass is 10.1. The van der Waals surface area contributed by atoms with Gasteiger partial charge in [0.25, 0.3) is 0 Å². The molecule has 0 saturated carbocycles. The minimum atomic E-state index is -0.483. The maximum atomic E-state index is 12.4. The van der Waals surface area contributed by atoms with E-state index in [1.807, 2.05) is 26.8 Å². The van der Waals surface area contributed by atoms with Crippen LogP contribution in [0.1, 0.15) is 45.6 Å². The lowest BCUT2D eigenvalue weighted by Gasteiger charge is -2.30. The number of rotatable bonds is 1. The molecule has 2 heterocycles. The van der Waals surface area contributed by atoms with Crippen molar-refractivity contribution in [3.8, 4) is 5.75 Å². The fourth-order valence-corrected chi connectivity index (χ4v) is 3.27. The van der Waals surface area contributed by atoms with Gasteiger partial charge >= 0.3 is 6.09 Å². The zero-order valence-corrected chi connectivity index (χ0v) is 15.0. The van der Waals surface area contributed by atoms with Crippen molar-refractivity contribution >= 4 is 11.8 Å². The number of hydrogen-bond acceptors (Lipinski definition) is 4. The van der Waals surface area contributed by atoms with Gasteiger partial charge in [0.2, 0.25) is 0 Å². The Morgan fingerprint density at radius 2 is 1.88 bits per heavy atom. The number of anilines is 1. The van der Waals surface area contributed by atoms with Crippen molar-refractivity contribution < 1.29 is 14.3 Å². The molecular formula is C19H28N2O3. The number of nitrogens with zero attached hydrogens (tertiary/aromatic N) is 2. The molecule has 0 N–H and O–H groups in total. The zero-order chi connectivity index (χ0) is 17.2. The minimum absolute atomic E-state index is 0.276. The Labute approximate surface area is 144 Å². The molecule has 0 radical (unpaired) electrons. The van der Waals surface area contributed by atoms with E-state index >= 15 is 0 Å². The van der Waals surface area contributed by atoms with Crippen LogP contribution in [0, 0.1) is 0 Å². The Morgan fingerprint density at radius 1 is 1.12 bits per heavy atom. The molecule has 1 aromatic rings. The van der Waals surface area contributed by atoms with Crippen molar-refractivity contribution in [1.29, 1.82) is 0 Å². The van der Waals surface area contributed by atoms with E-state index in [1.165, 1.54) is 24.9 Å². The third kappa shape index (κ3) is 3.94. The van der Waals surface area contributed by atoms with Crippen LogP contribution in [0.4, 0.5) is 10.5 Å². The van der Waals surface area contributed by atoms with Crippen molar-refractivity contribution in [1.82, 2.24) is 4.90 Å². The zero-order valence-electron chi connectivity index (χ0n) is 15.0. The quantitative estimate of drug-likeness (QED) is 0.784. The van der Waals surface area contributed by atoms with Crippen LogP contribution < -0.4 is 9.64 Å². The maximum absolute atomic E-state index is 12.4. The summed E-state index contributed by atoms with van der Waals surface area (Å²) in [5, 5.41) is 0. The minimum Gasteiger partial charge on any atom is -0.489 e. The highest BCUT2D eigenvalue weighted by Gasteiger charge is 2.27. The molecule has 1 fully saturated rings. The Kier molecular flexibility index (Phi) is 4.88. The topological polar surface area (TPSA) is 42.0 Å². The Bertz CT molecular complexity index is 589. The molecule has 24 heavy (non-hydrogen) atoms. The van der Waals surface area contributed by atoms with Gasteiger partial charge in [-0.2, -0.15) is 0 Å². The second-order valence-electron chi connectivity index (χ2n) is 7.56. The highest BCUT2D eigenvalue weighted by molar-refractivity contribution is 5.69. The van der Waals surface area contributed by atoms with Crippen LogP contribution >= 0.6 is 0 Å². The first kappa shape index (κ1) is 16.9. The summed E-state index contributed by atoms with van der Waals surface area (Å²) in [5.41, 5.74) is 1.74. The van der Waals surface area contributed by atoms with Crippen LogP contribution in [0.2, 0.25) is 0 Å². The monoisotopic (exact) mass is 332 g/mol. The van der Waals surface area contributed by atoms with Gasteiger partial charge in [0.05, 0.1) is 18.8 Å². The molecule has 132 valence electrons. The van der Waals surface area contributed by atoms with Crippen LogP contribution in [-0.2, 0) is 11.3 Å². The first-order valence-electron chi connectivity index (χ1n) is 8.91. The van der Waals surface area contributed by atoms with Gasteiger partial charge < -0.3 is 19.3 Å². The third-order valence-corrected chi connectivity index (χ3v) is 4.39. The van der Waals surface area contributed by atoms with Gasteiger partial charge in [0.15, 0.2) is 0 Å². The first-order chi connectivity index (χ1) is 11.4. The average Bonchev–Trinajstić information content (AvgIpc) is 2.76. The molecule has 0 bridgehead atoms. The van der Waals surface area contributed by atoms with Crippen LogP contribution in [-0.4, -0.2) is 42.8 Å². The maximum Gasteiger partial charge on any atom is 0.410 e. The molecule has 0 spiro atoms. The standard InChI is InChI=1S/C19H28N2O3/c1-19(2,3)24-18(22)21-12-13-23-17-15(14-21)8-7-9-16(17)20-10-5-4-6-11-20/h7-9H,4-6,10-14H2,1-3H3. The third-order valence-electron chi connectivity index (χ3n) is 4.39. The number of carbonyl (C=O) groups excluding carboxylic acids is 1. The number of fused-ring (bicyclic) bond motifs is 1. The summed E-state index contributed by atoms with van der Waals surface area (Å²) in [6, 6.07) is 6.24. The Morgan fingerprint density at radius 3 is 2.58 bits per heavy atom. The van der Waals surface area contributed by atoms with Crippen LogP contribution in [0.25, 0.3) is 0 Å². The van der Waals surface area contributed by atoms with E-state index in [0.717, 1.165) is 24.4 Å². The number of para-hydroxylation sites is 1. The smallest absolute Gasteiger partial charge is 0.410 e. The van der Waals surface area contributed by atoms with Gasteiger partial charge in [0, 0.05) is 18.7 Å². The van der Waals surface area contributed by atoms with E-state index in [0.29, 0.717) is 19.7 Å². The lowest BCUT2D eigenvalue weighted by molar-refractivity contribution is 0.0225. The van der Waals surface area contributed by atoms with Gasteiger partial charge in [-0.3, -0.25) is 0 Å². The first-order valence-corrected chi connectivity index (χ1v) is 8.91. The molecule has 5 nitrogen and oxygen atoms in total. The summed E-state index contributed by atoms with van der Waals surface area (Å²) in [7, 11) is 0. The van der Waals surface area contributed by atoms with E-state index in [1.54, 1.807) is 4.90 Å². The average molecular weight is 332 g/mol. The van der Waals surface area contributed by atoms with Gasteiger partial charge in [-0.25, -0.2) is 4.79 Å². The largest absolute Gasteiger partial charge is 0.489 e. The highest BCUT2D eigenvalue weighted by Crippen LogP contribution is 2.36. The molecule has 1 aromatic carbocycles. The van der Waals surface area contributed by atoms with Crippen molar-refractivity contribution in [3.63, 3.8) is 0 Å². The van der Waals surface area contributed by atoms with E-state index in [-0.39, 0.29) is 6.09 Å². The molecule has 0 atom stereocenters. The molecule has 1 amide bonds. The van der Waals surface area contributed by atoms with Gasteiger partial charge in [-0.15, -0.1) is 0 Å². The predicted octanol–water partition coefficient (Wildman–Crippen LogP) is 3.81. The van der Waals surface area contributed by atoms with Crippen LogP contribution in [0.5, 0.6) is 5.75 Å². The fraction of sp³-hybridized carbons (Fsp3) is 0.632. The summed E-state index contributed by atoms with van der Waals surface area (Å²) >= 11 is 0. The summed E-state index contributed by atoms with van der Waals surface area (Å²) in [6.07, 6.45) is 3.49. The molecule has 0 aromatic heterocycles. The molecule has 2 aliphatic heterocycles. The van der Waals surface area contributed by atoms with Crippen LogP contribution in [0.3, 0.4) is 0 Å². The molecular weight excluding hydrogens is 304 g/mol. The van der Waals surface area contributed by atoms with E-state index < -0.39 is 5.60 Å². The Hall–Kier alpha value is -1.91. The summed E-state index contributed by atoms with van der Waals surface area (Å²) in [4.78, 5) is 16.5. The van der Waals surface area contributed by atoms with E-state index in [2.05, 4.69) is 17.0 Å². The fourth-order valence-electron chi connectivity index (χ4n) is 3.27. The van der Waals surface area contributed by atoms with Crippen molar-refractivity contribution in [2.24, 2.45) is 0 Å². The van der Waals surface area contributed by atoms with Gasteiger partial charge in [-0.05, 0) is 46.1 Å². The summed E-state index contributed by atoms with van der Waals surface area (Å²) < 4.78 is 11.6. The van der Waals surface area contributed by atoms with Crippen LogP contribution in [0.15, 0.2) is 18.2 Å².